The Labute approximate surface area is 120 Å². The zero-order valence-corrected chi connectivity index (χ0v) is 12.2. The van der Waals surface area contributed by atoms with Gasteiger partial charge in [0.15, 0.2) is 0 Å². The van der Waals surface area contributed by atoms with Crippen molar-refractivity contribution in [1.82, 2.24) is 5.43 Å². The van der Waals surface area contributed by atoms with Crippen molar-refractivity contribution in [1.29, 1.82) is 0 Å². The van der Waals surface area contributed by atoms with E-state index < -0.39 is 0 Å². The number of hydrogen-bond acceptors (Lipinski definition) is 3. The highest BCUT2D eigenvalue weighted by Crippen LogP contribution is 2.34. The molecule has 3 N–H and O–H groups in total. The minimum Gasteiger partial charge on any atom is -0.378 e. The van der Waals surface area contributed by atoms with Crippen LogP contribution >= 0.6 is 11.6 Å². The van der Waals surface area contributed by atoms with Crippen LogP contribution < -0.4 is 11.3 Å². The molecule has 4 heteroatoms. The Bertz CT molecular complexity index is 376. The maximum absolute atomic E-state index is 5.89. The van der Waals surface area contributed by atoms with E-state index in [9.17, 15) is 0 Å². The van der Waals surface area contributed by atoms with E-state index in [2.05, 4.69) is 24.5 Å². The normalized spacial score (nSPS) is 23.9. The molecular formula is C15H23ClN2O. The molecule has 0 aliphatic heterocycles. The number of ether oxygens (including phenoxy) is 1. The molecule has 0 amide bonds. The van der Waals surface area contributed by atoms with E-state index in [1.54, 1.807) is 0 Å². The number of nitrogens with two attached hydrogens (primary N) is 1. The van der Waals surface area contributed by atoms with Gasteiger partial charge in [0.1, 0.15) is 0 Å². The van der Waals surface area contributed by atoms with Crippen molar-refractivity contribution >= 4 is 11.6 Å². The Hall–Kier alpha value is -0.610. The Balaban J connectivity index is 1.76. The number of benzene rings is 1. The third kappa shape index (κ3) is 4.46. The highest BCUT2D eigenvalue weighted by molar-refractivity contribution is 6.30. The van der Waals surface area contributed by atoms with Gasteiger partial charge in [0.2, 0.25) is 0 Å². The summed E-state index contributed by atoms with van der Waals surface area (Å²) >= 11 is 5.89. The molecular weight excluding hydrogens is 260 g/mol. The smallest absolute Gasteiger partial charge is 0.0580 e. The largest absolute Gasteiger partial charge is 0.378 e. The van der Waals surface area contributed by atoms with Crippen LogP contribution in [0.5, 0.6) is 0 Å². The number of nitrogens with one attached hydrogen (secondary N) is 1. The number of hydrogen-bond donors (Lipinski definition) is 2. The van der Waals surface area contributed by atoms with Gasteiger partial charge in [0, 0.05) is 17.7 Å². The lowest BCUT2D eigenvalue weighted by atomic mass is 9.77. The Morgan fingerprint density at radius 2 is 2.05 bits per heavy atom. The molecule has 0 aromatic heterocycles. The van der Waals surface area contributed by atoms with Gasteiger partial charge in [-0.1, -0.05) is 23.7 Å². The molecule has 0 radical (unpaired) electrons. The van der Waals surface area contributed by atoms with Crippen LogP contribution in [0, 0.1) is 5.92 Å². The van der Waals surface area contributed by atoms with Crippen molar-refractivity contribution < 1.29 is 4.74 Å². The summed E-state index contributed by atoms with van der Waals surface area (Å²) < 4.78 is 5.59. The van der Waals surface area contributed by atoms with E-state index >= 15 is 0 Å². The molecule has 1 atom stereocenters. The molecule has 0 spiro atoms. The average molecular weight is 283 g/mol. The van der Waals surface area contributed by atoms with Gasteiger partial charge in [-0.25, -0.2) is 0 Å². The highest BCUT2D eigenvalue weighted by atomic mass is 35.5. The first kappa shape index (κ1) is 14.8. The molecule has 3 nitrogen and oxygen atoms in total. The monoisotopic (exact) mass is 282 g/mol. The summed E-state index contributed by atoms with van der Waals surface area (Å²) in [5.41, 5.74) is 4.21. The van der Waals surface area contributed by atoms with Gasteiger partial charge in [-0.3, -0.25) is 11.3 Å². The quantitative estimate of drug-likeness (QED) is 0.597. The lowest BCUT2D eigenvalue weighted by Crippen LogP contribution is -2.42. The lowest BCUT2D eigenvalue weighted by Gasteiger charge is -2.37. The average Bonchev–Trinajstić information content (AvgIpc) is 2.37. The van der Waals surface area contributed by atoms with E-state index in [0.717, 1.165) is 30.4 Å². The molecule has 1 aromatic carbocycles. The molecule has 1 unspecified atom stereocenters. The van der Waals surface area contributed by atoms with E-state index in [4.69, 9.17) is 22.2 Å². The molecule has 0 bridgehead atoms. The number of rotatable bonds is 7. The SMILES string of the molecule is CCOC1CC(CC(Cc2ccc(Cl)cc2)NN)C1. The molecule has 1 aliphatic rings. The van der Waals surface area contributed by atoms with Crippen molar-refractivity contribution in [3.8, 4) is 0 Å². The van der Waals surface area contributed by atoms with Crippen molar-refractivity contribution in [2.24, 2.45) is 11.8 Å². The van der Waals surface area contributed by atoms with Crippen LogP contribution in [-0.4, -0.2) is 18.8 Å². The summed E-state index contributed by atoms with van der Waals surface area (Å²) in [6.45, 7) is 2.87. The summed E-state index contributed by atoms with van der Waals surface area (Å²) in [6, 6.07) is 8.32. The molecule has 0 heterocycles. The molecule has 1 aromatic rings. The topological polar surface area (TPSA) is 47.3 Å². The predicted octanol–water partition coefficient (Wildman–Crippen LogP) is 2.92. The molecule has 106 valence electrons. The first-order valence-electron chi connectivity index (χ1n) is 7.03. The predicted molar refractivity (Wildman–Crippen MR) is 79.0 cm³/mol. The van der Waals surface area contributed by atoms with Gasteiger partial charge in [-0.15, -0.1) is 0 Å². The summed E-state index contributed by atoms with van der Waals surface area (Å²) in [5.74, 6) is 6.40. The minimum atomic E-state index is 0.328. The van der Waals surface area contributed by atoms with Crippen LogP contribution in [0.1, 0.15) is 31.7 Å². The summed E-state index contributed by atoms with van der Waals surface area (Å²) in [5, 5.41) is 0.777. The molecule has 19 heavy (non-hydrogen) atoms. The molecule has 1 fully saturated rings. The molecule has 1 aliphatic carbocycles. The first-order chi connectivity index (χ1) is 9.21. The van der Waals surface area contributed by atoms with E-state index in [1.165, 1.54) is 18.4 Å². The third-order valence-corrected chi connectivity index (χ3v) is 4.10. The van der Waals surface area contributed by atoms with Crippen LogP contribution in [0.4, 0.5) is 0 Å². The Morgan fingerprint density at radius 1 is 1.37 bits per heavy atom. The van der Waals surface area contributed by atoms with E-state index in [1.807, 2.05) is 12.1 Å². The molecule has 1 saturated carbocycles. The molecule has 0 saturated heterocycles. The van der Waals surface area contributed by atoms with Gasteiger partial charge in [0.25, 0.3) is 0 Å². The first-order valence-corrected chi connectivity index (χ1v) is 7.41. The van der Waals surface area contributed by atoms with E-state index in [-0.39, 0.29) is 0 Å². The van der Waals surface area contributed by atoms with Crippen LogP contribution in [0.25, 0.3) is 0 Å². The van der Waals surface area contributed by atoms with Gasteiger partial charge in [0.05, 0.1) is 6.10 Å². The number of hydrazine groups is 1. The van der Waals surface area contributed by atoms with Crippen LogP contribution in [0.2, 0.25) is 5.02 Å². The van der Waals surface area contributed by atoms with Crippen LogP contribution in [0.3, 0.4) is 0 Å². The van der Waals surface area contributed by atoms with Crippen molar-refractivity contribution in [2.45, 2.75) is 44.8 Å². The van der Waals surface area contributed by atoms with Crippen LogP contribution in [-0.2, 0) is 11.2 Å². The van der Waals surface area contributed by atoms with Gasteiger partial charge in [-0.2, -0.15) is 0 Å². The van der Waals surface area contributed by atoms with Crippen molar-refractivity contribution in [3.63, 3.8) is 0 Å². The highest BCUT2D eigenvalue weighted by Gasteiger charge is 2.31. The van der Waals surface area contributed by atoms with E-state index in [0.29, 0.717) is 12.1 Å². The van der Waals surface area contributed by atoms with Gasteiger partial charge in [-0.05, 0) is 56.2 Å². The maximum Gasteiger partial charge on any atom is 0.0580 e. The standard InChI is InChI=1S/C15H23ClN2O/c1-2-19-15-9-12(10-15)8-14(18-17)7-11-3-5-13(16)6-4-11/h3-6,12,14-15,18H,2,7-10,17H2,1H3. The second-order valence-electron chi connectivity index (χ2n) is 5.34. The molecule has 2 rings (SSSR count). The van der Waals surface area contributed by atoms with Crippen molar-refractivity contribution in [2.75, 3.05) is 6.61 Å². The fraction of sp³-hybridized carbons (Fsp3) is 0.600. The fourth-order valence-corrected chi connectivity index (χ4v) is 2.88. The number of halogens is 1. The third-order valence-electron chi connectivity index (χ3n) is 3.84. The zero-order valence-electron chi connectivity index (χ0n) is 11.4. The van der Waals surface area contributed by atoms with Crippen molar-refractivity contribution in [3.05, 3.63) is 34.9 Å². The maximum atomic E-state index is 5.89. The second kappa shape index (κ2) is 7.25. The fourth-order valence-electron chi connectivity index (χ4n) is 2.76. The Morgan fingerprint density at radius 3 is 2.63 bits per heavy atom. The minimum absolute atomic E-state index is 0.328. The van der Waals surface area contributed by atoms with Crippen LogP contribution in [0.15, 0.2) is 24.3 Å². The summed E-state index contributed by atoms with van der Waals surface area (Å²) in [4.78, 5) is 0. The Kier molecular flexibility index (Phi) is 5.64. The zero-order chi connectivity index (χ0) is 13.7. The summed E-state index contributed by atoms with van der Waals surface area (Å²) in [6.07, 6.45) is 4.88. The van der Waals surface area contributed by atoms with Gasteiger partial charge >= 0.3 is 0 Å². The lowest BCUT2D eigenvalue weighted by molar-refractivity contribution is -0.0290. The second-order valence-corrected chi connectivity index (χ2v) is 5.78. The summed E-state index contributed by atoms with van der Waals surface area (Å²) in [7, 11) is 0. The van der Waals surface area contributed by atoms with Gasteiger partial charge < -0.3 is 4.74 Å².